The molecular formula is C14H17NO6S. The minimum Gasteiger partial charge on any atom is -0.493 e. The second-order valence-corrected chi connectivity index (χ2v) is 4.88. The maximum Gasteiger partial charge on any atom is 0.351 e. The average molecular weight is 327 g/mol. The van der Waals surface area contributed by atoms with Crippen LogP contribution in [-0.4, -0.2) is 56.0 Å². The quantitative estimate of drug-likeness (QED) is 0.762. The summed E-state index contributed by atoms with van der Waals surface area (Å²) in [7, 11) is 4.29. The van der Waals surface area contributed by atoms with Gasteiger partial charge >= 0.3 is 5.97 Å². The summed E-state index contributed by atoms with van der Waals surface area (Å²) in [6, 6.07) is 2.84. The van der Waals surface area contributed by atoms with Gasteiger partial charge in [0.25, 0.3) is 5.91 Å². The number of carboxylic acid groups (broad SMARTS) is 1. The Morgan fingerprint density at radius 3 is 2.05 bits per heavy atom. The number of rotatable bonds is 7. The summed E-state index contributed by atoms with van der Waals surface area (Å²) in [5.74, 6) is -0.857. The van der Waals surface area contributed by atoms with E-state index in [-0.39, 0.29) is 17.0 Å². The molecule has 0 atom stereocenters. The van der Waals surface area contributed by atoms with Gasteiger partial charge in [-0.05, 0) is 18.4 Å². The van der Waals surface area contributed by atoms with E-state index in [9.17, 15) is 9.59 Å². The third kappa shape index (κ3) is 4.14. The van der Waals surface area contributed by atoms with Gasteiger partial charge in [0.2, 0.25) is 5.75 Å². The van der Waals surface area contributed by atoms with Crippen molar-refractivity contribution in [1.82, 2.24) is 0 Å². The first-order chi connectivity index (χ1) is 10.5. The van der Waals surface area contributed by atoms with Gasteiger partial charge in [-0.1, -0.05) is 0 Å². The number of hydrogen-bond acceptors (Lipinski definition) is 6. The van der Waals surface area contributed by atoms with Gasteiger partial charge in [0.05, 0.1) is 21.3 Å². The van der Waals surface area contributed by atoms with Crippen molar-refractivity contribution in [1.29, 1.82) is 0 Å². The van der Waals surface area contributed by atoms with Crippen molar-refractivity contribution in [3.05, 3.63) is 17.7 Å². The van der Waals surface area contributed by atoms with Gasteiger partial charge in [0, 0.05) is 11.3 Å². The molecule has 0 heterocycles. The van der Waals surface area contributed by atoms with Crippen LogP contribution in [0.2, 0.25) is 0 Å². The smallest absolute Gasteiger partial charge is 0.351 e. The first-order valence-electron chi connectivity index (χ1n) is 6.12. The number of ether oxygens (including phenoxy) is 3. The van der Waals surface area contributed by atoms with Crippen LogP contribution in [0.4, 0.5) is 0 Å². The lowest BCUT2D eigenvalue weighted by Gasteiger charge is -2.13. The lowest BCUT2D eigenvalue weighted by molar-refractivity contribution is -0.129. The Balaban J connectivity index is 3.28. The van der Waals surface area contributed by atoms with Crippen LogP contribution in [-0.2, 0) is 4.79 Å². The van der Waals surface area contributed by atoms with Crippen molar-refractivity contribution >= 4 is 29.4 Å². The van der Waals surface area contributed by atoms with E-state index in [0.717, 1.165) is 0 Å². The molecule has 1 aromatic rings. The summed E-state index contributed by atoms with van der Waals surface area (Å²) < 4.78 is 15.4. The lowest BCUT2D eigenvalue weighted by atomic mass is 10.1. The minimum absolute atomic E-state index is 0.130. The molecule has 1 N–H and O–H groups in total. The van der Waals surface area contributed by atoms with Crippen molar-refractivity contribution in [3.8, 4) is 17.2 Å². The van der Waals surface area contributed by atoms with Gasteiger partial charge in [-0.25, -0.2) is 9.79 Å². The zero-order valence-electron chi connectivity index (χ0n) is 12.7. The molecule has 7 nitrogen and oxygen atoms in total. The van der Waals surface area contributed by atoms with E-state index in [1.807, 2.05) is 0 Å². The fourth-order valence-electron chi connectivity index (χ4n) is 1.67. The summed E-state index contributed by atoms with van der Waals surface area (Å²) in [5.41, 5.74) is -0.0689. The maximum atomic E-state index is 12.2. The van der Waals surface area contributed by atoms with E-state index in [0.29, 0.717) is 17.2 Å². The van der Waals surface area contributed by atoms with Crippen molar-refractivity contribution in [2.75, 3.05) is 33.3 Å². The average Bonchev–Trinajstić information content (AvgIpc) is 2.52. The maximum absolute atomic E-state index is 12.2. The second kappa shape index (κ2) is 8.28. The largest absolute Gasteiger partial charge is 0.493 e. The number of carboxylic acids is 1. The normalized spacial score (nSPS) is 11.0. The lowest BCUT2D eigenvalue weighted by Crippen LogP contribution is -2.18. The van der Waals surface area contributed by atoms with E-state index in [1.54, 1.807) is 6.26 Å². The number of benzene rings is 1. The number of amides is 1. The summed E-state index contributed by atoms with van der Waals surface area (Å²) in [5, 5.41) is 9.02. The number of nitrogens with zero attached hydrogens (tertiary/aromatic N) is 1. The van der Waals surface area contributed by atoms with Crippen molar-refractivity contribution in [2.24, 2.45) is 4.99 Å². The minimum atomic E-state index is -1.23. The highest BCUT2D eigenvalue weighted by molar-refractivity contribution is 7.99. The first-order valence-corrected chi connectivity index (χ1v) is 7.52. The molecule has 0 saturated carbocycles. The SMILES string of the molecule is COc1cc(C(=O)/N=C(\CSC)C(=O)O)cc(OC)c1OC. The molecule has 22 heavy (non-hydrogen) atoms. The zero-order chi connectivity index (χ0) is 16.7. The van der Waals surface area contributed by atoms with E-state index in [4.69, 9.17) is 19.3 Å². The first kappa shape index (κ1) is 17.8. The molecule has 8 heteroatoms. The molecule has 0 bridgehead atoms. The van der Waals surface area contributed by atoms with Crippen molar-refractivity contribution in [2.45, 2.75) is 0 Å². The molecule has 0 aromatic heterocycles. The summed E-state index contributed by atoms with van der Waals surface area (Å²) in [6.07, 6.45) is 1.72. The topological polar surface area (TPSA) is 94.4 Å². The van der Waals surface area contributed by atoms with E-state index >= 15 is 0 Å². The molecule has 0 unspecified atom stereocenters. The highest BCUT2D eigenvalue weighted by atomic mass is 32.2. The highest BCUT2D eigenvalue weighted by Gasteiger charge is 2.18. The number of carbonyl (C=O) groups is 2. The Kier molecular flexibility index (Phi) is 6.71. The van der Waals surface area contributed by atoms with E-state index in [1.165, 1.54) is 45.2 Å². The molecule has 0 radical (unpaired) electrons. The Labute approximate surface area is 132 Å². The van der Waals surface area contributed by atoms with Crippen molar-refractivity contribution < 1.29 is 28.9 Å². The number of carbonyl (C=O) groups excluding carboxylic acids is 1. The fourth-order valence-corrected chi connectivity index (χ4v) is 2.13. The number of aliphatic imine (C=N–C) groups is 1. The highest BCUT2D eigenvalue weighted by Crippen LogP contribution is 2.38. The fraction of sp³-hybridized carbons (Fsp3) is 0.357. The zero-order valence-corrected chi connectivity index (χ0v) is 13.5. The number of thioether (sulfide) groups is 1. The van der Waals surface area contributed by atoms with E-state index in [2.05, 4.69) is 4.99 Å². The van der Waals surface area contributed by atoms with Gasteiger partial charge in [-0.2, -0.15) is 11.8 Å². The van der Waals surface area contributed by atoms with Crippen LogP contribution in [0, 0.1) is 0 Å². The third-order valence-electron chi connectivity index (χ3n) is 2.68. The second-order valence-electron chi connectivity index (χ2n) is 4.02. The molecule has 0 aliphatic rings. The monoisotopic (exact) mass is 327 g/mol. The summed E-state index contributed by atoms with van der Waals surface area (Å²) in [6.45, 7) is 0. The number of aliphatic carboxylic acids is 1. The van der Waals surface area contributed by atoms with Crippen molar-refractivity contribution in [3.63, 3.8) is 0 Å². The predicted molar refractivity (Wildman–Crippen MR) is 83.9 cm³/mol. The Hall–Kier alpha value is -2.22. The third-order valence-corrected chi connectivity index (χ3v) is 3.24. The Bertz CT molecular complexity index is 574. The van der Waals surface area contributed by atoms with Gasteiger partial charge < -0.3 is 19.3 Å². The molecule has 1 amide bonds. The molecule has 120 valence electrons. The molecular weight excluding hydrogens is 310 g/mol. The van der Waals surface area contributed by atoms with Gasteiger partial charge in [-0.3, -0.25) is 4.79 Å². The van der Waals surface area contributed by atoms with Crippen LogP contribution < -0.4 is 14.2 Å². The van der Waals surface area contributed by atoms with Crippen LogP contribution >= 0.6 is 11.8 Å². The molecule has 1 aromatic carbocycles. The van der Waals surface area contributed by atoms with Gasteiger partial charge in [-0.15, -0.1) is 0 Å². The van der Waals surface area contributed by atoms with Crippen LogP contribution in [0.3, 0.4) is 0 Å². The standard InChI is InChI=1S/C14H17NO6S/c1-19-10-5-8(6-11(20-2)12(10)21-3)13(16)15-9(7-22-4)14(17)18/h5-6H,7H2,1-4H3,(H,17,18)/b15-9+. The molecule has 0 aliphatic heterocycles. The van der Waals surface area contributed by atoms with Crippen LogP contribution in [0.5, 0.6) is 17.2 Å². The summed E-state index contributed by atoms with van der Waals surface area (Å²) >= 11 is 1.26. The number of hydrogen-bond donors (Lipinski definition) is 1. The number of methoxy groups -OCH3 is 3. The molecule has 0 saturated heterocycles. The molecule has 0 aliphatic carbocycles. The van der Waals surface area contributed by atoms with Crippen LogP contribution in [0.15, 0.2) is 17.1 Å². The molecule has 1 rings (SSSR count). The van der Waals surface area contributed by atoms with Gasteiger partial charge in [0.15, 0.2) is 11.5 Å². The van der Waals surface area contributed by atoms with Crippen LogP contribution in [0.1, 0.15) is 10.4 Å². The predicted octanol–water partition coefficient (Wildman–Crippen LogP) is 1.74. The van der Waals surface area contributed by atoms with Gasteiger partial charge in [0.1, 0.15) is 5.71 Å². The Morgan fingerprint density at radius 2 is 1.68 bits per heavy atom. The van der Waals surface area contributed by atoms with E-state index < -0.39 is 11.9 Å². The Morgan fingerprint density at radius 1 is 1.14 bits per heavy atom. The molecule has 0 spiro atoms. The summed E-state index contributed by atoms with van der Waals surface area (Å²) in [4.78, 5) is 26.8. The van der Waals surface area contributed by atoms with Crippen LogP contribution in [0.25, 0.3) is 0 Å². The molecule has 0 fully saturated rings.